The molecule has 0 saturated carbocycles. The number of aromatic nitrogens is 2. The first-order chi connectivity index (χ1) is 8.62. The van der Waals surface area contributed by atoms with E-state index in [1.807, 2.05) is 0 Å². The van der Waals surface area contributed by atoms with Gasteiger partial charge in [-0.3, -0.25) is 5.10 Å². The normalized spacial score (nSPS) is 24.7. The van der Waals surface area contributed by atoms with Crippen LogP contribution in [0.5, 0.6) is 0 Å². The van der Waals surface area contributed by atoms with Gasteiger partial charge in [0.25, 0.3) is 0 Å². The van der Waals surface area contributed by atoms with E-state index in [1.165, 1.54) is 37.1 Å². The molecule has 1 aromatic rings. The third kappa shape index (κ3) is 1.89. The Morgan fingerprint density at radius 2 is 2.11 bits per heavy atom. The second kappa shape index (κ2) is 4.37. The predicted octanol–water partition coefficient (Wildman–Crippen LogP) is 2.64. The number of aryl methyl sites for hydroxylation is 1. The van der Waals surface area contributed by atoms with E-state index in [1.54, 1.807) is 5.56 Å². The fourth-order valence-electron chi connectivity index (χ4n) is 3.29. The second-order valence-electron chi connectivity index (χ2n) is 6.70. The molecule has 2 N–H and O–H groups in total. The summed E-state index contributed by atoms with van der Waals surface area (Å²) in [5, 5.41) is 11.2. The van der Waals surface area contributed by atoms with E-state index in [9.17, 15) is 0 Å². The summed E-state index contributed by atoms with van der Waals surface area (Å²) in [5.74, 6) is 1.48. The van der Waals surface area contributed by atoms with Crippen LogP contribution in [0, 0.1) is 11.3 Å². The number of rotatable bonds is 3. The van der Waals surface area contributed by atoms with Gasteiger partial charge < -0.3 is 5.32 Å². The molecule has 2 heterocycles. The van der Waals surface area contributed by atoms with Gasteiger partial charge in [0.2, 0.25) is 0 Å². The number of nitrogens with zero attached hydrogens (tertiary/aromatic N) is 1. The Bertz CT molecular complexity index is 429. The SMILES string of the molecule is CCC(C)(C)C1CCc2[nH]nc(C3CNC3)c2C1. The first-order valence-corrected chi connectivity index (χ1v) is 7.38. The summed E-state index contributed by atoms with van der Waals surface area (Å²) in [6.07, 6.45) is 5.01. The minimum atomic E-state index is 0.462. The van der Waals surface area contributed by atoms with Crippen LogP contribution in [-0.2, 0) is 12.8 Å². The van der Waals surface area contributed by atoms with E-state index < -0.39 is 0 Å². The molecule has 100 valence electrons. The van der Waals surface area contributed by atoms with E-state index in [-0.39, 0.29) is 0 Å². The zero-order valence-corrected chi connectivity index (χ0v) is 11.8. The van der Waals surface area contributed by atoms with Crippen LogP contribution in [0.2, 0.25) is 0 Å². The zero-order chi connectivity index (χ0) is 12.8. The lowest BCUT2D eigenvalue weighted by molar-refractivity contribution is 0.182. The highest BCUT2D eigenvalue weighted by molar-refractivity contribution is 5.32. The van der Waals surface area contributed by atoms with Crippen LogP contribution in [0.4, 0.5) is 0 Å². The van der Waals surface area contributed by atoms with Crippen LogP contribution in [0.3, 0.4) is 0 Å². The van der Waals surface area contributed by atoms with Crippen LogP contribution in [0.1, 0.15) is 56.5 Å². The van der Waals surface area contributed by atoms with Gasteiger partial charge in [-0.2, -0.15) is 5.10 Å². The highest BCUT2D eigenvalue weighted by Crippen LogP contribution is 2.41. The largest absolute Gasteiger partial charge is 0.315 e. The standard InChI is InChI=1S/C15H25N3/c1-4-15(2,3)11-5-6-13-12(7-11)14(18-17-13)10-8-16-9-10/h10-11,16H,4-9H2,1-3H3,(H,17,18). The van der Waals surface area contributed by atoms with Crippen LogP contribution in [0.25, 0.3) is 0 Å². The molecule has 1 unspecified atom stereocenters. The average Bonchev–Trinajstić information content (AvgIpc) is 2.70. The van der Waals surface area contributed by atoms with Gasteiger partial charge in [-0.05, 0) is 36.2 Å². The Balaban J connectivity index is 1.84. The van der Waals surface area contributed by atoms with E-state index in [4.69, 9.17) is 0 Å². The topological polar surface area (TPSA) is 40.7 Å². The van der Waals surface area contributed by atoms with Gasteiger partial charge >= 0.3 is 0 Å². The molecule has 1 aromatic heterocycles. The number of nitrogens with one attached hydrogen (secondary N) is 2. The maximum absolute atomic E-state index is 4.60. The number of H-pyrrole nitrogens is 1. The molecular weight excluding hydrogens is 222 g/mol. The summed E-state index contributed by atoms with van der Waals surface area (Å²) in [4.78, 5) is 0. The molecule has 0 amide bonds. The van der Waals surface area contributed by atoms with Crippen molar-refractivity contribution in [3.63, 3.8) is 0 Å². The minimum absolute atomic E-state index is 0.462. The van der Waals surface area contributed by atoms with Crippen molar-refractivity contribution in [2.45, 2.75) is 52.4 Å². The molecule has 1 aliphatic carbocycles. The number of hydrogen-bond donors (Lipinski definition) is 2. The lowest BCUT2D eigenvalue weighted by Gasteiger charge is -2.37. The molecule has 1 saturated heterocycles. The lowest BCUT2D eigenvalue weighted by atomic mass is 9.68. The molecule has 0 radical (unpaired) electrons. The van der Waals surface area contributed by atoms with Gasteiger partial charge in [-0.1, -0.05) is 27.2 Å². The smallest absolute Gasteiger partial charge is 0.0713 e. The van der Waals surface area contributed by atoms with Crippen molar-refractivity contribution < 1.29 is 0 Å². The quantitative estimate of drug-likeness (QED) is 0.862. The van der Waals surface area contributed by atoms with E-state index in [0.29, 0.717) is 11.3 Å². The number of fused-ring (bicyclic) bond motifs is 1. The van der Waals surface area contributed by atoms with Crippen LogP contribution in [-0.4, -0.2) is 23.3 Å². The molecule has 0 aromatic carbocycles. The first kappa shape index (κ1) is 12.2. The molecule has 3 rings (SSSR count). The molecular formula is C15H25N3. The molecule has 2 aliphatic rings. The molecule has 0 spiro atoms. The molecule has 1 atom stereocenters. The third-order valence-electron chi connectivity index (χ3n) is 5.36. The van der Waals surface area contributed by atoms with Crippen molar-refractivity contribution in [1.82, 2.24) is 15.5 Å². The lowest BCUT2D eigenvalue weighted by Crippen LogP contribution is -2.41. The van der Waals surface area contributed by atoms with Crippen molar-refractivity contribution >= 4 is 0 Å². The molecule has 3 heteroatoms. The van der Waals surface area contributed by atoms with Gasteiger partial charge in [-0.25, -0.2) is 0 Å². The Morgan fingerprint density at radius 1 is 1.33 bits per heavy atom. The van der Waals surface area contributed by atoms with Crippen molar-refractivity contribution in [3.05, 3.63) is 17.0 Å². The summed E-state index contributed by atoms with van der Waals surface area (Å²) in [7, 11) is 0. The van der Waals surface area contributed by atoms with E-state index in [0.717, 1.165) is 19.0 Å². The molecule has 0 bridgehead atoms. The average molecular weight is 247 g/mol. The van der Waals surface area contributed by atoms with Crippen molar-refractivity contribution in [1.29, 1.82) is 0 Å². The second-order valence-corrected chi connectivity index (χ2v) is 6.70. The molecule has 1 fully saturated rings. The summed E-state index contributed by atoms with van der Waals surface area (Å²) in [5.41, 5.74) is 4.80. The Morgan fingerprint density at radius 3 is 2.72 bits per heavy atom. The predicted molar refractivity (Wildman–Crippen MR) is 73.8 cm³/mol. The summed E-state index contributed by atoms with van der Waals surface area (Å²) < 4.78 is 0. The van der Waals surface area contributed by atoms with Crippen LogP contribution >= 0.6 is 0 Å². The summed E-state index contributed by atoms with van der Waals surface area (Å²) in [6, 6.07) is 0. The molecule has 3 nitrogen and oxygen atoms in total. The maximum atomic E-state index is 4.60. The Hall–Kier alpha value is -0.830. The minimum Gasteiger partial charge on any atom is -0.315 e. The van der Waals surface area contributed by atoms with Gasteiger partial charge in [0, 0.05) is 24.7 Å². The summed E-state index contributed by atoms with van der Waals surface area (Å²) in [6.45, 7) is 9.39. The van der Waals surface area contributed by atoms with Gasteiger partial charge in [0.05, 0.1) is 5.69 Å². The van der Waals surface area contributed by atoms with Gasteiger partial charge in [-0.15, -0.1) is 0 Å². The van der Waals surface area contributed by atoms with Crippen molar-refractivity contribution in [2.75, 3.05) is 13.1 Å². The number of hydrogen-bond acceptors (Lipinski definition) is 2. The maximum Gasteiger partial charge on any atom is 0.0713 e. The molecule has 18 heavy (non-hydrogen) atoms. The van der Waals surface area contributed by atoms with E-state index in [2.05, 4.69) is 36.3 Å². The van der Waals surface area contributed by atoms with Crippen molar-refractivity contribution in [2.24, 2.45) is 11.3 Å². The van der Waals surface area contributed by atoms with Crippen molar-refractivity contribution in [3.8, 4) is 0 Å². The van der Waals surface area contributed by atoms with Gasteiger partial charge in [0.1, 0.15) is 0 Å². The Kier molecular flexibility index (Phi) is 2.97. The highest BCUT2D eigenvalue weighted by Gasteiger charge is 2.35. The van der Waals surface area contributed by atoms with Crippen LogP contribution in [0.15, 0.2) is 0 Å². The monoisotopic (exact) mass is 247 g/mol. The van der Waals surface area contributed by atoms with Gasteiger partial charge in [0.15, 0.2) is 0 Å². The fraction of sp³-hybridized carbons (Fsp3) is 0.800. The summed E-state index contributed by atoms with van der Waals surface area (Å²) >= 11 is 0. The third-order valence-corrected chi connectivity index (χ3v) is 5.36. The highest BCUT2D eigenvalue weighted by atomic mass is 15.1. The zero-order valence-electron chi connectivity index (χ0n) is 11.8. The van der Waals surface area contributed by atoms with E-state index >= 15 is 0 Å². The number of aromatic amines is 1. The Labute approximate surface area is 110 Å². The first-order valence-electron chi connectivity index (χ1n) is 7.38. The van der Waals surface area contributed by atoms with Crippen LogP contribution < -0.4 is 5.32 Å². The molecule has 1 aliphatic heterocycles. The fourth-order valence-corrected chi connectivity index (χ4v) is 3.29.